The molecule has 0 saturated heterocycles. The topological polar surface area (TPSA) is 103 Å². The lowest BCUT2D eigenvalue weighted by Crippen LogP contribution is -2.18. The average Bonchev–Trinajstić information content (AvgIpc) is 2.77. The number of sulfonamides is 1. The van der Waals surface area contributed by atoms with Crippen LogP contribution in [0.3, 0.4) is 0 Å². The molecular weight excluding hydrogens is 286 g/mol. The van der Waals surface area contributed by atoms with Gasteiger partial charge in [0, 0.05) is 17.6 Å². The Bertz CT molecular complexity index is 696. The molecule has 19 heavy (non-hydrogen) atoms. The molecule has 2 aromatic rings. The van der Waals surface area contributed by atoms with Crippen LogP contribution in [-0.2, 0) is 17.1 Å². The minimum atomic E-state index is -3.49. The summed E-state index contributed by atoms with van der Waals surface area (Å²) in [5, 5.41) is 8.31. The summed E-state index contributed by atoms with van der Waals surface area (Å²) in [5.74, 6) is 0. The van der Waals surface area contributed by atoms with Gasteiger partial charge in [0.2, 0.25) is 10.0 Å². The van der Waals surface area contributed by atoms with E-state index in [2.05, 4.69) is 14.9 Å². The zero-order chi connectivity index (χ0) is 14.0. The third-order valence-corrected chi connectivity index (χ3v) is 4.97. The molecule has 2 rings (SSSR count). The summed E-state index contributed by atoms with van der Waals surface area (Å²) in [6.45, 7) is 0. The van der Waals surface area contributed by atoms with Gasteiger partial charge in [-0.2, -0.15) is 0 Å². The van der Waals surface area contributed by atoms with Gasteiger partial charge in [0.25, 0.3) is 0 Å². The standard InChI is InChI=1S/C10H13N5O2S2/c1-12-19(16,17)7-3-4-8(11)9(5-7)18-10-14-13-6-15(10)2/h3-6,12H,11H2,1-2H3. The molecule has 3 N–H and O–H groups in total. The van der Waals surface area contributed by atoms with E-state index in [0.29, 0.717) is 15.7 Å². The Morgan fingerprint density at radius 1 is 1.42 bits per heavy atom. The molecule has 9 heteroatoms. The summed E-state index contributed by atoms with van der Waals surface area (Å²) in [4.78, 5) is 0.779. The number of hydrogen-bond donors (Lipinski definition) is 2. The van der Waals surface area contributed by atoms with Gasteiger partial charge in [0.05, 0.1) is 4.90 Å². The number of nitrogens with one attached hydrogen (secondary N) is 1. The van der Waals surface area contributed by atoms with E-state index in [-0.39, 0.29) is 4.90 Å². The van der Waals surface area contributed by atoms with Crippen molar-refractivity contribution in [3.63, 3.8) is 0 Å². The molecule has 0 unspecified atom stereocenters. The molecular formula is C10H13N5O2S2. The number of aryl methyl sites for hydroxylation is 1. The van der Waals surface area contributed by atoms with Crippen molar-refractivity contribution in [1.29, 1.82) is 0 Å². The number of aromatic nitrogens is 3. The maximum Gasteiger partial charge on any atom is 0.240 e. The van der Waals surface area contributed by atoms with Gasteiger partial charge in [-0.25, -0.2) is 13.1 Å². The highest BCUT2D eigenvalue weighted by molar-refractivity contribution is 7.99. The zero-order valence-electron chi connectivity index (χ0n) is 10.4. The maximum absolute atomic E-state index is 11.7. The van der Waals surface area contributed by atoms with Gasteiger partial charge in [-0.1, -0.05) is 0 Å². The number of hydrogen-bond acceptors (Lipinski definition) is 6. The Morgan fingerprint density at radius 2 is 2.16 bits per heavy atom. The van der Waals surface area contributed by atoms with E-state index in [4.69, 9.17) is 5.73 Å². The fourth-order valence-corrected chi connectivity index (χ4v) is 3.03. The molecule has 102 valence electrons. The SMILES string of the molecule is CNS(=O)(=O)c1ccc(N)c(Sc2nncn2C)c1. The molecule has 0 aliphatic heterocycles. The van der Waals surface area contributed by atoms with E-state index < -0.39 is 10.0 Å². The first kappa shape index (κ1) is 13.8. The Kier molecular flexibility index (Phi) is 3.78. The van der Waals surface area contributed by atoms with Gasteiger partial charge < -0.3 is 10.3 Å². The van der Waals surface area contributed by atoms with Crippen LogP contribution in [0.4, 0.5) is 5.69 Å². The smallest absolute Gasteiger partial charge is 0.240 e. The van der Waals surface area contributed by atoms with Crippen molar-refractivity contribution in [3.8, 4) is 0 Å². The van der Waals surface area contributed by atoms with Gasteiger partial charge >= 0.3 is 0 Å². The number of nitrogens with zero attached hydrogens (tertiary/aromatic N) is 3. The molecule has 1 aromatic carbocycles. The lowest BCUT2D eigenvalue weighted by molar-refractivity contribution is 0.588. The van der Waals surface area contributed by atoms with E-state index in [9.17, 15) is 8.42 Å². The monoisotopic (exact) mass is 299 g/mol. The van der Waals surface area contributed by atoms with Crippen molar-refractivity contribution in [3.05, 3.63) is 24.5 Å². The lowest BCUT2D eigenvalue weighted by atomic mass is 10.3. The molecule has 0 radical (unpaired) electrons. The first-order valence-corrected chi connectivity index (χ1v) is 7.59. The number of nitrogens with two attached hydrogens (primary N) is 1. The molecule has 0 bridgehead atoms. The van der Waals surface area contributed by atoms with Crippen LogP contribution in [0.2, 0.25) is 0 Å². The van der Waals surface area contributed by atoms with E-state index >= 15 is 0 Å². The highest BCUT2D eigenvalue weighted by atomic mass is 32.2. The second-order valence-corrected chi connectivity index (χ2v) is 6.63. The van der Waals surface area contributed by atoms with Crippen LogP contribution in [0.5, 0.6) is 0 Å². The van der Waals surface area contributed by atoms with Crippen LogP contribution in [0.15, 0.2) is 39.5 Å². The Hall–Kier alpha value is -1.58. The highest BCUT2D eigenvalue weighted by Gasteiger charge is 2.15. The second-order valence-electron chi connectivity index (χ2n) is 3.73. The molecule has 1 heterocycles. The van der Waals surface area contributed by atoms with Crippen LogP contribution in [0.1, 0.15) is 0 Å². The van der Waals surface area contributed by atoms with Gasteiger partial charge in [0.15, 0.2) is 5.16 Å². The van der Waals surface area contributed by atoms with E-state index in [1.54, 1.807) is 24.0 Å². The average molecular weight is 299 g/mol. The predicted molar refractivity (Wildman–Crippen MR) is 72.2 cm³/mol. The zero-order valence-corrected chi connectivity index (χ0v) is 12.0. The number of anilines is 1. The van der Waals surface area contributed by atoms with Crippen molar-refractivity contribution < 1.29 is 8.42 Å². The van der Waals surface area contributed by atoms with E-state index in [1.165, 1.54) is 30.9 Å². The Morgan fingerprint density at radius 3 is 2.74 bits per heavy atom. The van der Waals surface area contributed by atoms with E-state index in [1.807, 2.05) is 0 Å². The summed E-state index contributed by atoms with van der Waals surface area (Å²) in [7, 11) is -0.328. The number of nitrogen functional groups attached to an aromatic ring is 1. The molecule has 0 atom stereocenters. The summed E-state index contributed by atoms with van der Waals surface area (Å²) in [5.41, 5.74) is 6.34. The molecule has 0 amide bonds. The molecule has 7 nitrogen and oxygen atoms in total. The lowest BCUT2D eigenvalue weighted by Gasteiger charge is -2.08. The maximum atomic E-state index is 11.7. The minimum Gasteiger partial charge on any atom is -0.398 e. The molecule has 0 aliphatic rings. The summed E-state index contributed by atoms with van der Waals surface area (Å²) >= 11 is 1.26. The summed E-state index contributed by atoms with van der Waals surface area (Å²) < 4.78 is 27.5. The molecule has 0 aliphatic carbocycles. The normalized spacial score (nSPS) is 11.7. The Labute approximate surface area is 115 Å². The molecule has 1 aromatic heterocycles. The van der Waals surface area contributed by atoms with Crippen molar-refractivity contribution in [2.24, 2.45) is 7.05 Å². The van der Waals surface area contributed by atoms with Gasteiger partial charge in [-0.15, -0.1) is 10.2 Å². The summed E-state index contributed by atoms with van der Waals surface area (Å²) in [6, 6.07) is 4.53. The minimum absolute atomic E-state index is 0.161. The second kappa shape index (κ2) is 5.19. The fourth-order valence-electron chi connectivity index (χ4n) is 1.35. The van der Waals surface area contributed by atoms with Crippen molar-refractivity contribution in [1.82, 2.24) is 19.5 Å². The van der Waals surface area contributed by atoms with Gasteiger partial charge in [-0.3, -0.25) is 0 Å². The van der Waals surface area contributed by atoms with Crippen LogP contribution >= 0.6 is 11.8 Å². The van der Waals surface area contributed by atoms with Gasteiger partial charge in [-0.05, 0) is 37.0 Å². The first-order valence-electron chi connectivity index (χ1n) is 5.29. The van der Waals surface area contributed by atoms with E-state index in [0.717, 1.165) is 0 Å². The molecule has 0 saturated carbocycles. The highest BCUT2D eigenvalue weighted by Crippen LogP contribution is 2.32. The Balaban J connectivity index is 2.41. The van der Waals surface area contributed by atoms with Crippen molar-refractivity contribution in [2.45, 2.75) is 14.9 Å². The van der Waals surface area contributed by atoms with Crippen LogP contribution in [0.25, 0.3) is 0 Å². The number of rotatable bonds is 4. The molecule has 0 fully saturated rings. The number of benzene rings is 1. The summed E-state index contributed by atoms with van der Waals surface area (Å²) in [6.07, 6.45) is 1.56. The molecule has 0 spiro atoms. The van der Waals surface area contributed by atoms with Gasteiger partial charge in [0.1, 0.15) is 6.33 Å². The first-order chi connectivity index (χ1) is 8.94. The van der Waals surface area contributed by atoms with Crippen molar-refractivity contribution >= 4 is 27.5 Å². The third kappa shape index (κ3) is 2.88. The largest absolute Gasteiger partial charge is 0.398 e. The van der Waals surface area contributed by atoms with Crippen molar-refractivity contribution in [2.75, 3.05) is 12.8 Å². The van der Waals surface area contributed by atoms with Crippen LogP contribution in [0, 0.1) is 0 Å². The van der Waals surface area contributed by atoms with Crippen LogP contribution < -0.4 is 10.5 Å². The van der Waals surface area contributed by atoms with Crippen LogP contribution in [-0.4, -0.2) is 30.2 Å². The fraction of sp³-hybridized carbons (Fsp3) is 0.200. The third-order valence-electron chi connectivity index (χ3n) is 2.44. The quantitative estimate of drug-likeness (QED) is 0.795. The predicted octanol–water partition coefficient (Wildman–Crippen LogP) is 0.457.